The van der Waals surface area contributed by atoms with Crippen molar-refractivity contribution >= 4 is 5.97 Å². The molecule has 3 atom stereocenters. The van der Waals surface area contributed by atoms with Gasteiger partial charge in [-0.1, -0.05) is 13.2 Å². The summed E-state index contributed by atoms with van der Waals surface area (Å²) < 4.78 is 5.14. The predicted octanol–water partition coefficient (Wildman–Crippen LogP) is 1.19. The Morgan fingerprint density at radius 3 is 2.86 bits per heavy atom. The molecule has 0 radical (unpaired) electrons. The highest BCUT2D eigenvalue weighted by Crippen LogP contribution is 2.38. The van der Waals surface area contributed by atoms with Crippen molar-refractivity contribution in [3.05, 3.63) is 24.3 Å². The van der Waals surface area contributed by atoms with E-state index < -0.39 is 6.10 Å². The van der Waals surface area contributed by atoms with Crippen LogP contribution in [0.5, 0.6) is 0 Å². The number of ether oxygens (including phenoxy) is 1. The van der Waals surface area contributed by atoms with E-state index >= 15 is 0 Å². The van der Waals surface area contributed by atoms with Crippen molar-refractivity contribution in [3.8, 4) is 0 Å². The fraction of sp³-hybridized carbons (Fsp3) is 0.545. The molecule has 0 aromatic carbocycles. The van der Waals surface area contributed by atoms with Crippen LogP contribution in [0.25, 0.3) is 0 Å². The molecule has 0 aromatic heterocycles. The van der Waals surface area contributed by atoms with Crippen molar-refractivity contribution in [2.45, 2.75) is 31.5 Å². The smallest absolute Gasteiger partial charge is 0.334 e. The molecule has 1 N–H and O–H groups in total. The Bertz CT molecular complexity index is 306. The van der Waals surface area contributed by atoms with Crippen LogP contribution in [0.1, 0.15) is 19.3 Å². The second kappa shape index (κ2) is 3.24. The first-order chi connectivity index (χ1) is 6.61. The molecule has 0 aromatic rings. The van der Waals surface area contributed by atoms with E-state index in [4.69, 9.17) is 4.74 Å². The number of fused-ring (bicyclic) bond motifs is 1. The van der Waals surface area contributed by atoms with Crippen LogP contribution < -0.4 is 0 Å². The third-order valence-corrected chi connectivity index (χ3v) is 3.04. The van der Waals surface area contributed by atoms with E-state index in [0.29, 0.717) is 12.0 Å². The summed E-state index contributed by atoms with van der Waals surface area (Å²) in [5, 5.41) is 9.83. The highest BCUT2D eigenvalue weighted by atomic mass is 16.6. The highest BCUT2D eigenvalue weighted by molar-refractivity contribution is 5.91. The van der Waals surface area contributed by atoms with Crippen molar-refractivity contribution in [3.63, 3.8) is 0 Å². The monoisotopic (exact) mass is 194 g/mol. The average molecular weight is 194 g/mol. The van der Waals surface area contributed by atoms with Gasteiger partial charge in [-0.2, -0.15) is 0 Å². The summed E-state index contributed by atoms with van der Waals surface area (Å²) in [6.45, 7) is 7.56. The number of aliphatic hydroxyl groups excluding tert-OH is 1. The number of carbonyl (C=O) groups excluding carboxylic acids is 1. The van der Waals surface area contributed by atoms with Crippen molar-refractivity contribution in [2.75, 3.05) is 0 Å². The Hall–Kier alpha value is -1.09. The lowest BCUT2D eigenvalue weighted by Gasteiger charge is -2.19. The normalized spacial score (nSPS) is 37.8. The van der Waals surface area contributed by atoms with Gasteiger partial charge in [-0.25, -0.2) is 4.79 Å². The number of hydrogen-bond acceptors (Lipinski definition) is 3. The van der Waals surface area contributed by atoms with Crippen molar-refractivity contribution in [2.24, 2.45) is 5.92 Å². The first-order valence-corrected chi connectivity index (χ1v) is 4.87. The van der Waals surface area contributed by atoms with E-state index in [1.54, 1.807) is 0 Å². The van der Waals surface area contributed by atoms with Crippen LogP contribution in [0.2, 0.25) is 0 Å². The van der Waals surface area contributed by atoms with Gasteiger partial charge in [0.05, 0.1) is 12.0 Å². The molecular formula is C11H14O3. The van der Waals surface area contributed by atoms with E-state index in [9.17, 15) is 9.90 Å². The van der Waals surface area contributed by atoms with Crippen LogP contribution in [0, 0.1) is 5.92 Å². The zero-order valence-electron chi connectivity index (χ0n) is 8.03. The standard InChI is InChI=1S/C11H14O3/c1-6-4-3-5-8(12)9-7(2)11(13)14-10(6)9/h8-10,12H,1-5H2/t8-,9-,10+/m0/s1. The van der Waals surface area contributed by atoms with Crippen LogP contribution >= 0.6 is 0 Å². The Morgan fingerprint density at radius 2 is 2.14 bits per heavy atom. The minimum absolute atomic E-state index is 0.266. The SMILES string of the molecule is C=C1C(=O)O[C@@H]2C(=C)CCC[C@H](O)[C@H]12. The van der Waals surface area contributed by atoms with E-state index in [-0.39, 0.29) is 18.0 Å². The minimum Gasteiger partial charge on any atom is -0.454 e. The first-order valence-electron chi connectivity index (χ1n) is 4.87. The maximum absolute atomic E-state index is 11.3. The van der Waals surface area contributed by atoms with Crippen LogP contribution in [-0.2, 0) is 9.53 Å². The van der Waals surface area contributed by atoms with Gasteiger partial charge < -0.3 is 9.84 Å². The summed E-state index contributed by atoms with van der Waals surface area (Å²) in [5.41, 5.74) is 1.30. The highest BCUT2D eigenvalue weighted by Gasteiger charge is 2.45. The van der Waals surface area contributed by atoms with Gasteiger partial charge in [0, 0.05) is 5.57 Å². The van der Waals surface area contributed by atoms with Crippen LogP contribution in [-0.4, -0.2) is 23.3 Å². The second-order valence-electron chi connectivity index (χ2n) is 3.99. The number of esters is 1. The van der Waals surface area contributed by atoms with Gasteiger partial charge in [-0.05, 0) is 24.8 Å². The van der Waals surface area contributed by atoms with Gasteiger partial charge in [0.15, 0.2) is 0 Å². The summed E-state index contributed by atoms with van der Waals surface area (Å²) >= 11 is 0. The molecule has 1 aliphatic heterocycles. The molecule has 76 valence electrons. The van der Waals surface area contributed by atoms with E-state index in [0.717, 1.165) is 18.4 Å². The van der Waals surface area contributed by atoms with Crippen molar-refractivity contribution in [1.82, 2.24) is 0 Å². The molecule has 0 spiro atoms. The number of rotatable bonds is 0. The summed E-state index contributed by atoms with van der Waals surface area (Å²) in [6.07, 6.45) is 1.55. The molecule has 3 nitrogen and oxygen atoms in total. The van der Waals surface area contributed by atoms with E-state index in [1.807, 2.05) is 0 Å². The van der Waals surface area contributed by atoms with Gasteiger partial charge in [-0.15, -0.1) is 0 Å². The summed E-state index contributed by atoms with van der Waals surface area (Å²) in [5.74, 6) is -0.653. The number of hydrogen-bond donors (Lipinski definition) is 1. The third-order valence-electron chi connectivity index (χ3n) is 3.04. The number of carbonyl (C=O) groups is 1. The largest absolute Gasteiger partial charge is 0.454 e. The zero-order valence-corrected chi connectivity index (χ0v) is 8.03. The van der Waals surface area contributed by atoms with Gasteiger partial charge >= 0.3 is 5.97 Å². The summed E-state index contributed by atoms with van der Waals surface area (Å²) in [6, 6.07) is 0. The molecule has 2 aliphatic rings. The molecule has 1 heterocycles. The van der Waals surface area contributed by atoms with Gasteiger partial charge in [-0.3, -0.25) is 0 Å². The van der Waals surface area contributed by atoms with Gasteiger partial charge in [0.2, 0.25) is 0 Å². The molecule has 1 saturated carbocycles. The third kappa shape index (κ3) is 1.28. The molecule has 3 heteroatoms. The molecule has 1 saturated heterocycles. The second-order valence-corrected chi connectivity index (χ2v) is 3.99. The van der Waals surface area contributed by atoms with Crippen LogP contribution in [0.4, 0.5) is 0 Å². The summed E-state index contributed by atoms with van der Waals surface area (Å²) in [4.78, 5) is 11.3. The molecule has 0 amide bonds. The minimum atomic E-state index is -0.516. The maximum atomic E-state index is 11.3. The van der Waals surface area contributed by atoms with Crippen LogP contribution in [0.3, 0.4) is 0 Å². The zero-order chi connectivity index (χ0) is 10.3. The lowest BCUT2D eigenvalue weighted by atomic mass is 9.89. The Morgan fingerprint density at radius 1 is 1.43 bits per heavy atom. The Kier molecular flexibility index (Phi) is 2.19. The Balaban J connectivity index is 2.32. The predicted molar refractivity (Wildman–Crippen MR) is 51.5 cm³/mol. The quantitative estimate of drug-likeness (QED) is 0.358. The Labute approximate surface area is 83.1 Å². The molecular weight excluding hydrogens is 180 g/mol. The van der Waals surface area contributed by atoms with Crippen molar-refractivity contribution in [1.29, 1.82) is 0 Å². The van der Waals surface area contributed by atoms with Gasteiger partial charge in [0.25, 0.3) is 0 Å². The molecule has 14 heavy (non-hydrogen) atoms. The fourth-order valence-electron chi connectivity index (χ4n) is 2.21. The average Bonchev–Trinajstić information content (AvgIpc) is 2.35. The van der Waals surface area contributed by atoms with E-state index in [2.05, 4.69) is 13.2 Å². The maximum Gasteiger partial charge on any atom is 0.334 e. The van der Waals surface area contributed by atoms with Crippen molar-refractivity contribution < 1.29 is 14.6 Å². The summed E-state index contributed by atoms with van der Waals surface area (Å²) in [7, 11) is 0. The lowest BCUT2D eigenvalue weighted by Crippen LogP contribution is -2.27. The first kappa shape index (κ1) is 9.46. The van der Waals surface area contributed by atoms with E-state index in [1.165, 1.54) is 0 Å². The van der Waals surface area contributed by atoms with Gasteiger partial charge in [0.1, 0.15) is 6.10 Å². The molecule has 2 rings (SSSR count). The molecule has 1 aliphatic carbocycles. The lowest BCUT2D eigenvalue weighted by molar-refractivity contribution is -0.138. The number of aliphatic hydroxyl groups is 1. The van der Waals surface area contributed by atoms with Crippen LogP contribution in [0.15, 0.2) is 24.3 Å². The molecule has 2 fully saturated rings. The molecule has 0 bridgehead atoms. The topological polar surface area (TPSA) is 46.5 Å². The fourth-order valence-corrected chi connectivity index (χ4v) is 2.21. The molecule has 0 unspecified atom stereocenters.